The van der Waals surface area contributed by atoms with Gasteiger partial charge in [0.05, 0.1) is 39.7 Å². The highest BCUT2D eigenvalue weighted by atomic mass is 35.5. The van der Waals surface area contributed by atoms with Crippen molar-refractivity contribution in [1.82, 2.24) is 34.7 Å². The van der Waals surface area contributed by atoms with Crippen LogP contribution in [-0.2, 0) is 6.54 Å². The predicted molar refractivity (Wildman–Crippen MR) is 124 cm³/mol. The highest BCUT2D eigenvalue weighted by Gasteiger charge is 2.25. The molecule has 0 unspecified atom stereocenters. The zero-order chi connectivity index (χ0) is 22.0. The van der Waals surface area contributed by atoms with Gasteiger partial charge >= 0.3 is 0 Å². The summed E-state index contributed by atoms with van der Waals surface area (Å²) in [6.45, 7) is 5.03. The van der Waals surface area contributed by atoms with Crippen molar-refractivity contribution in [2.75, 3.05) is 0 Å². The molecule has 0 bridgehead atoms. The van der Waals surface area contributed by atoms with Gasteiger partial charge in [0.25, 0.3) is 5.56 Å². The molecule has 1 aliphatic carbocycles. The van der Waals surface area contributed by atoms with Crippen LogP contribution in [0.1, 0.15) is 24.2 Å². The lowest BCUT2D eigenvalue weighted by molar-refractivity contribution is 0.547. The summed E-state index contributed by atoms with van der Waals surface area (Å²) in [4.78, 5) is 32.4. The molecule has 0 spiro atoms. The predicted octanol–water partition coefficient (Wildman–Crippen LogP) is 4.41. The number of H-pyrrole nitrogens is 2. The van der Waals surface area contributed by atoms with E-state index in [1.807, 2.05) is 19.1 Å². The minimum Gasteiger partial charge on any atom is -0.337 e. The number of hydrogen-bond donors (Lipinski definition) is 2. The van der Waals surface area contributed by atoms with E-state index in [9.17, 15) is 4.79 Å². The second-order valence-corrected chi connectivity index (χ2v) is 8.80. The molecule has 0 amide bonds. The minimum atomic E-state index is -0.231. The zero-order valence-electron chi connectivity index (χ0n) is 17.6. The van der Waals surface area contributed by atoms with E-state index in [4.69, 9.17) is 21.7 Å². The standard InChI is InChI=1S/C23H20ClN7O/c1-11-20(12(2)31(30-11)10-13-3-4-13)21-14-7-15(23(32)29-16(14)5-6-25-21)22-27-17-8-19(24)26-9-18(17)28-22/h5-9,13H,3-4,10H2,1-2H3,(H,27,28)(H,29,32). The van der Waals surface area contributed by atoms with E-state index in [0.717, 1.165) is 46.0 Å². The Labute approximate surface area is 187 Å². The second kappa shape index (κ2) is 7.00. The fraction of sp³-hybridized carbons (Fsp3) is 0.261. The van der Waals surface area contributed by atoms with Crippen LogP contribution >= 0.6 is 11.6 Å². The van der Waals surface area contributed by atoms with Gasteiger partial charge in [-0.1, -0.05) is 11.6 Å². The Morgan fingerprint density at radius 1 is 1.16 bits per heavy atom. The molecular weight excluding hydrogens is 426 g/mol. The molecule has 0 aromatic carbocycles. The van der Waals surface area contributed by atoms with Crippen LogP contribution in [0.3, 0.4) is 0 Å². The van der Waals surface area contributed by atoms with Gasteiger partial charge in [-0.2, -0.15) is 5.10 Å². The van der Waals surface area contributed by atoms with Crippen molar-refractivity contribution in [3.05, 3.63) is 57.5 Å². The average molecular weight is 446 g/mol. The van der Waals surface area contributed by atoms with E-state index in [-0.39, 0.29) is 5.56 Å². The maximum absolute atomic E-state index is 12.9. The highest BCUT2D eigenvalue weighted by Crippen LogP contribution is 2.35. The molecule has 2 N–H and O–H groups in total. The van der Waals surface area contributed by atoms with Crippen molar-refractivity contribution in [2.24, 2.45) is 5.92 Å². The number of hydrogen-bond acceptors (Lipinski definition) is 5. The molecule has 1 saturated carbocycles. The third kappa shape index (κ3) is 3.10. The summed E-state index contributed by atoms with van der Waals surface area (Å²) >= 11 is 5.99. The molecule has 1 aliphatic rings. The monoisotopic (exact) mass is 445 g/mol. The van der Waals surface area contributed by atoms with Gasteiger partial charge in [0.1, 0.15) is 11.0 Å². The van der Waals surface area contributed by atoms with Gasteiger partial charge in [-0.05, 0) is 44.7 Å². The number of fused-ring (bicyclic) bond motifs is 2. The summed E-state index contributed by atoms with van der Waals surface area (Å²) < 4.78 is 2.09. The van der Waals surface area contributed by atoms with Gasteiger partial charge in [-0.3, -0.25) is 14.5 Å². The summed E-state index contributed by atoms with van der Waals surface area (Å²) in [5.74, 6) is 1.18. The van der Waals surface area contributed by atoms with Gasteiger partial charge in [-0.15, -0.1) is 0 Å². The van der Waals surface area contributed by atoms with Gasteiger partial charge < -0.3 is 9.97 Å². The highest BCUT2D eigenvalue weighted by molar-refractivity contribution is 6.29. The summed E-state index contributed by atoms with van der Waals surface area (Å²) in [5.41, 5.74) is 6.12. The first-order valence-corrected chi connectivity index (χ1v) is 10.9. The molecule has 32 heavy (non-hydrogen) atoms. The lowest BCUT2D eigenvalue weighted by Gasteiger charge is -2.08. The number of aromatic nitrogens is 7. The first-order chi connectivity index (χ1) is 15.5. The van der Waals surface area contributed by atoms with E-state index in [0.29, 0.717) is 27.6 Å². The Morgan fingerprint density at radius 3 is 2.81 bits per heavy atom. The van der Waals surface area contributed by atoms with Crippen LogP contribution in [0.4, 0.5) is 0 Å². The minimum absolute atomic E-state index is 0.231. The fourth-order valence-electron chi connectivity index (χ4n) is 4.28. The van der Waals surface area contributed by atoms with Crippen molar-refractivity contribution in [3.8, 4) is 22.6 Å². The van der Waals surface area contributed by atoms with E-state index >= 15 is 0 Å². The first-order valence-electron chi connectivity index (χ1n) is 10.6. The van der Waals surface area contributed by atoms with Crippen LogP contribution in [0.2, 0.25) is 5.15 Å². The Hall–Kier alpha value is -3.52. The molecule has 8 nitrogen and oxygen atoms in total. The molecule has 1 fully saturated rings. The largest absolute Gasteiger partial charge is 0.337 e. The molecule has 5 aromatic rings. The summed E-state index contributed by atoms with van der Waals surface area (Å²) in [6.07, 6.45) is 5.86. The molecule has 0 radical (unpaired) electrons. The van der Waals surface area contributed by atoms with Gasteiger partial charge in [0, 0.05) is 35.5 Å². The second-order valence-electron chi connectivity index (χ2n) is 8.41. The van der Waals surface area contributed by atoms with Crippen LogP contribution in [0.5, 0.6) is 0 Å². The van der Waals surface area contributed by atoms with Crippen molar-refractivity contribution < 1.29 is 0 Å². The number of imidazole rings is 1. The Balaban J connectivity index is 1.55. The number of nitrogens with zero attached hydrogens (tertiary/aromatic N) is 5. The third-order valence-electron chi connectivity index (χ3n) is 6.11. The van der Waals surface area contributed by atoms with Gasteiger partial charge in [-0.25, -0.2) is 9.97 Å². The Morgan fingerprint density at radius 2 is 2.00 bits per heavy atom. The number of halogens is 1. The number of nitrogens with one attached hydrogen (secondary N) is 2. The maximum Gasteiger partial charge on any atom is 0.259 e. The van der Waals surface area contributed by atoms with E-state index in [1.54, 1.807) is 18.5 Å². The molecule has 6 rings (SSSR count). The normalized spacial score (nSPS) is 14.0. The molecule has 5 heterocycles. The topological polar surface area (TPSA) is 105 Å². The smallest absolute Gasteiger partial charge is 0.259 e. The molecule has 9 heteroatoms. The third-order valence-corrected chi connectivity index (χ3v) is 6.31. The summed E-state index contributed by atoms with van der Waals surface area (Å²) in [5, 5.41) is 5.97. The molecule has 0 atom stereocenters. The van der Waals surface area contributed by atoms with Crippen molar-refractivity contribution in [2.45, 2.75) is 33.2 Å². The van der Waals surface area contributed by atoms with Crippen molar-refractivity contribution in [3.63, 3.8) is 0 Å². The van der Waals surface area contributed by atoms with Crippen LogP contribution in [-0.4, -0.2) is 34.7 Å². The van der Waals surface area contributed by atoms with Gasteiger partial charge in [0.15, 0.2) is 0 Å². The number of aromatic amines is 2. The van der Waals surface area contributed by atoms with Gasteiger partial charge in [0.2, 0.25) is 0 Å². The zero-order valence-corrected chi connectivity index (χ0v) is 18.4. The van der Waals surface area contributed by atoms with Crippen LogP contribution in [0.25, 0.3) is 44.6 Å². The number of aryl methyl sites for hydroxylation is 1. The van der Waals surface area contributed by atoms with Crippen molar-refractivity contribution >= 4 is 33.5 Å². The molecule has 0 saturated heterocycles. The fourth-order valence-corrected chi connectivity index (χ4v) is 4.43. The van der Waals surface area contributed by atoms with E-state index in [2.05, 4.69) is 31.5 Å². The Kier molecular flexibility index (Phi) is 4.19. The first kappa shape index (κ1) is 19.2. The van der Waals surface area contributed by atoms with E-state index < -0.39 is 0 Å². The summed E-state index contributed by atoms with van der Waals surface area (Å²) in [6, 6.07) is 5.33. The number of pyridine rings is 3. The molecule has 160 valence electrons. The van der Waals surface area contributed by atoms with Crippen LogP contribution < -0.4 is 5.56 Å². The van der Waals surface area contributed by atoms with E-state index in [1.165, 1.54) is 12.8 Å². The lowest BCUT2D eigenvalue weighted by atomic mass is 10.0. The van der Waals surface area contributed by atoms with Crippen LogP contribution in [0.15, 0.2) is 35.4 Å². The number of rotatable bonds is 4. The molecular formula is C23H20ClN7O. The lowest BCUT2D eigenvalue weighted by Crippen LogP contribution is -2.10. The van der Waals surface area contributed by atoms with Crippen molar-refractivity contribution in [1.29, 1.82) is 0 Å². The summed E-state index contributed by atoms with van der Waals surface area (Å²) in [7, 11) is 0. The molecule has 0 aliphatic heterocycles. The quantitative estimate of drug-likeness (QED) is 0.399. The van der Waals surface area contributed by atoms with Crippen LogP contribution in [0, 0.1) is 19.8 Å². The Bertz CT molecular complexity index is 1580. The maximum atomic E-state index is 12.9. The molecule has 5 aromatic heterocycles. The average Bonchev–Trinajstić information content (AvgIpc) is 3.41. The SMILES string of the molecule is Cc1nn(CC2CC2)c(C)c1-c1nccc2[nH]c(=O)c(-c3nc4cc(Cl)ncc4[nH]3)cc12.